The smallest absolute Gasteiger partial charge is 0.161 e. The van der Waals surface area contributed by atoms with E-state index in [2.05, 4.69) is 173 Å². The summed E-state index contributed by atoms with van der Waals surface area (Å²) >= 11 is 0. The summed E-state index contributed by atoms with van der Waals surface area (Å²) in [6.45, 7) is 4.38. The summed E-state index contributed by atoms with van der Waals surface area (Å²) in [4.78, 5) is 14.4. The maximum Gasteiger partial charge on any atom is 0.161 e. The Morgan fingerprint density at radius 1 is 0.462 bits per heavy atom. The van der Waals surface area contributed by atoms with Crippen molar-refractivity contribution in [2.75, 3.05) is 0 Å². The topological polar surface area (TPSA) is 70.7 Å². The van der Waals surface area contributed by atoms with Gasteiger partial charge in [-0.15, -0.1) is 0 Å². The van der Waals surface area contributed by atoms with Gasteiger partial charge in [-0.25, -0.2) is 9.98 Å². The zero-order valence-corrected chi connectivity index (χ0v) is 35.4. The minimum atomic E-state index is 0.384. The number of aliphatic imine (C=N–C) groups is 3. The second-order valence-electron chi connectivity index (χ2n) is 16.0. The van der Waals surface area contributed by atoms with Crippen LogP contribution in [0.25, 0.3) is 77.2 Å². The Balaban J connectivity index is 1.00. The van der Waals surface area contributed by atoms with Crippen LogP contribution in [-0.2, 0) is 6.54 Å². The number of aromatic nitrogens is 2. The van der Waals surface area contributed by atoms with Crippen molar-refractivity contribution in [1.29, 1.82) is 5.26 Å². The molecular weight excluding hydrogens is 793 g/mol. The minimum Gasteiger partial charge on any atom is -0.309 e. The number of para-hydroxylation sites is 3. The van der Waals surface area contributed by atoms with Crippen molar-refractivity contribution in [2.24, 2.45) is 15.0 Å². The number of rotatable bonds is 8. The number of hydrogen-bond acceptors (Lipinski definition) is 2. The first-order chi connectivity index (χ1) is 32.1. The van der Waals surface area contributed by atoms with Crippen molar-refractivity contribution < 1.29 is 0 Å². The van der Waals surface area contributed by atoms with E-state index < -0.39 is 0 Å². The molecule has 2 heterocycles. The van der Waals surface area contributed by atoms with E-state index in [1.54, 1.807) is 0 Å². The Bertz CT molecular complexity index is 3680. The quantitative estimate of drug-likeness (QED) is 0.111. The first-order valence-corrected chi connectivity index (χ1v) is 21.6. The molecule has 11 aromatic rings. The van der Waals surface area contributed by atoms with Crippen LogP contribution >= 0.6 is 0 Å². The van der Waals surface area contributed by atoms with Gasteiger partial charge < -0.3 is 9.13 Å². The number of hydrogen-bond donors (Lipinski definition) is 0. The second-order valence-corrected chi connectivity index (χ2v) is 16.0. The van der Waals surface area contributed by atoms with Crippen molar-refractivity contribution >= 4 is 62.0 Å². The molecule has 0 saturated carbocycles. The second kappa shape index (κ2) is 16.7. The Morgan fingerprint density at radius 3 is 1.80 bits per heavy atom. The molecule has 9 aromatic carbocycles. The standard InChI is InChI=1S/C59H40N6/c1-61-58(63-59(43-18-7-3-8-19-43)62-39-40-16-5-2-6-17-40)46-35-41(38-60)34-45(36-46)49-24-15-27-55-57(49)52-23-12-14-26-54(52)64(55)48-31-28-42(29-32-48)44-30-33-51-50-22-11-13-25-53(50)65(56(51)37-44)47-20-9-4-10-21-47/h2-37H,1,39H2. The van der Waals surface area contributed by atoms with Crippen LogP contribution in [0.5, 0.6) is 0 Å². The van der Waals surface area contributed by atoms with E-state index in [1.807, 2.05) is 72.8 Å². The van der Waals surface area contributed by atoms with Crippen molar-refractivity contribution in [3.63, 3.8) is 0 Å². The van der Waals surface area contributed by atoms with Crippen LogP contribution in [0.4, 0.5) is 0 Å². The van der Waals surface area contributed by atoms with Crippen molar-refractivity contribution in [2.45, 2.75) is 6.54 Å². The highest BCUT2D eigenvalue weighted by molar-refractivity contribution is 6.17. The molecule has 306 valence electrons. The van der Waals surface area contributed by atoms with Gasteiger partial charge in [0.05, 0.1) is 40.2 Å². The molecule has 0 aliphatic heterocycles. The van der Waals surface area contributed by atoms with Gasteiger partial charge in [-0.1, -0.05) is 152 Å². The number of nitrogens with zero attached hydrogens (tertiary/aromatic N) is 6. The zero-order chi connectivity index (χ0) is 43.7. The van der Waals surface area contributed by atoms with Crippen LogP contribution < -0.4 is 0 Å². The van der Waals surface area contributed by atoms with Crippen LogP contribution in [0.15, 0.2) is 233 Å². The van der Waals surface area contributed by atoms with Crippen molar-refractivity contribution in [3.8, 4) is 39.7 Å². The summed E-state index contributed by atoms with van der Waals surface area (Å²) in [6, 6.07) is 77.9. The molecule has 0 saturated heterocycles. The van der Waals surface area contributed by atoms with Crippen LogP contribution in [0.1, 0.15) is 22.3 Å². The van der Waals surface area contributed by atoms with Gasteiger partial charge in [0.1, 0.15) is 0 Å². The lowest BCUT2D eigenvalue weighted by Crippen LogP contribution is -2.06. The fourth-order valence-electron chi connectivity index (χ4n) is 9.14. The highest BCUT2D eigenvalue weighted by atomic mass is 15.0. The van der Waals surface area contributed by atoms with E-state index in [4.69, 9.17) is 9.98 Å². The van der Waals surface area contributed by atoms with Gasteiger partial charge in [-0.2, -0.15) is 5.26 Å². The third-order valence-electron chi connectivity index (χ3n) is 12.1. The van der Waals surface area contributed by atoms with E-state index in [9.17, 15) is 5.26 Å². The first-order valence-electron chi connectivity index (χ1n) is 21.6. The average Bonchev–Trinajstić information content (AvgIpc) is 3.90. The van der Waals surface area contributed by atoms with E-state index >= 15 is 0 Å². The fourth-order valence-corrected chi connectivity index (χ4v) is 9.14. The van der Waals surface area contributed by atoms with Crippen LogP contribution in [0.2, 0.25) is 0 Å². The lowest BCUT2D eigenvalue weighted by molar-refractivity contribution is 1.06. The molecule has 0 fully saturated rings. The number of fused-ring (bicyclic) bond motifs is 6. The third-order valence-corrected chi connectivity index (χ3v) is 12.1. The molecule has 0 unspecified atom stereocenters. The highest BCUT2D eigenvalue weighted by Crippen LogP contribution is 2.40. The van der Waals surface area contributed by atoms with Crippen molar-refractivity contribution in [1.82, 2.24) is 9.13 Å². The van der Waals surface area contributed by atoms with Gasteiger partial charge in [0.25, 0.3) is 0 Å². The molecule has 0 bridgehead atoms. The molecule has 0 radical (unpaired) electrons. The minimum absolute atomic E-state index is 0.384. The molecule has 0 aliphatic carbocycles. The van der Waals surface area contributed by atoms with Gasteiger partial charge in [0, 0.05) is 44.0 Å². The predicted molar refractivity (Wildman–Crippen MR) is 270 cm³/mol. The van der Waals surface area contributed by atoms with Crippen LogP contribution in [0.3, 0.4) is 0 Å². The first kappa shape index (κ1) is 39.0. The highest BCUT2D eigenvalue weighted by Gasteiger charge is 2.19. The zero-order valence-electron chi connectivity index (χ0n) is 35.4. The predicted octanol–water partition coefficient (Wildman–Crippen LogP) is 14.2. The molecule has 0 atom stereocenters. The van der Waals surface area contributed by atoms with Crippen LogP contribution in [-0.4, -0.2) is 27.5 Å². The fraction of sp³-hybridized carbons (Fsp3) is 0.0169. The summed E-state index contributed by atoms with van der Waals surface area (Å²) in [6.07, 6.45) is 0. The Morgan fingerprint density at radius 2 is 1.06 bits per heavy atom. The van der Waals surface area contributed by atoms with Gasteiger partial charge in [0.15, 0.2) is 11.7 Å². The number of nitriles is 1. The van der Waals surface area contributed by atoms with E-state index in [1.165, 1.54) is 21.8 Å². The maximum absolute atomic E-state index is 10.4. The van der Waals surface area contributed by atoms with Gasteiger partial charge in [-0.3, -0.25) is 4.99 Å². The molecular formula is C59H40N6. The molecule has 2 aromatic heterocycles. The average molecular weight is 833 g/mol. The molecule has 0 N–H and O–H groups in total. The Kier molecular flexibility index (Phi) is 10.0. The molecule has 6 nitrogen and oxygen atoms in total. The van der Waals surface area contributed by atoms with Gasteiger partial charge in [-0.05, 0) is 101 Å². The Labute approximate surface area is 376 Å². The summed E-state index contributed by atoms with van der Waals surface area (Å²) in [5.41, 5.74) is 14.0. The summed E-state index contributed by atoms with van der Waals surface area (Å²) < 4.78 is 4.69. The molecule has 11 rings (SSSR count). The molecule has 0 spiro atoms. The maximum atomic E-state index is 10.4. The van der Waals surface area contributed by atoms with E-state index in [0.29, 0.717) is 29.3 Å². The monoisotopic (exact) mass is 832 g/mol. The number of benzene rings is 9. The lowest BCUT2D eigenvalue weighted by Gasteiger charge is -2.12. The third kappa shape index (κ3) is 7.17. The van der Waals surface area contributed by atoms with Crippen molar-refractivity contribution in [3.05, 3.63) is 241 Å². The summed E-state index contributed by atoms with van der Waals surface area (Å²) in [5, 5.41) is 15.1. The van der Waals surface area contributed by atoms with Gasteiger partial charge >= 0.3 is 0 Å². The lowest BCUT2D eigenvalue weighted by atomic mass is 9.95. The summed E-state index contributed by atoms with van der Waals surface area (Å²) in [5.74, 6) is 0.919. The van der Waals surface area contributed by atoms with Crippen LogP contribution in [0, 0.1) is 11.3 Å². The Hall–Kier alpha value is -8.92. The van der Waals surface area contributed by atoms with E-state index in [-0.39, 0.29) is 0 Å². The molecule has 0 amide bonds. The van der Waals surface area contributed by atoms with E-state index in [0.717, 1.165) is 66.6 Å². The molecule has 65 heavy (non-hydrogen) atoms. The summed E-state index contributed by atoms with van der Waals surface area (Å²) in [7, 11) is 0. The molecule has 0 aliphatic rings. The van der Waals surface area contributed by atoms with Gasteiger partial charge in [0.2, 0.25) is 0 Å². The SMILES string of the molecule is C=NC(=NC(=NCc1ccccc1)c1ccccc1)c1cc(C#N)cc(-c2cccc3c2c2ccccc2n3-c2ccc(-c3ccc4c5ccccc5n(-c5ccccc5)c4c3)cc2)c1. The number of amidine groups is 2. The normalized spacial score (nSPS) is 12.0. The molecule has 6 heteroatoms. The largest absolute Gasteiger partial charge is 0.309 e.